The molecule has 0 aliphatic heterocycles. The van der Waals surface area contributed by atoms with Gasteiger partial charge in [-0.2, -0.15) is 11.3 Å². The Bertz CT molecular complexity index is 558. The zero-order valence-electron chi connectivity index (χ0n) is 13.9. The molecule has 0 unspecified atom stereocenters. The Morgan fingerprint density at radius 3 is 2.61 bits per heavy atom. The van der Waals surface area contributed by atoms with E-state index in [9.17, 15) is 0 Å². The van der Waals surface area contributed by atoms with E-state index in [2.05, 4.69) is 46.8 Å². The summed E-state index contributed by atoms with van der Waals surface area (Å²) >= 11 is 1.74. The second-order valence-electron chi connectivity index (χ2n) is 5.83. The normalized spacial score (nSPS) is 11.3. The van der Waals surface area contributed by atoms with Crippen molar-refractivity contribution in [2.75, 3.05) is 40.4 Å². The third-order valence-electron chi connectivity index (χ3n) is 3.57. The quantitative estimate of drug-likeness (QED) is 0.725. The highest BCUT2D eigenvalue weighted by Crippen LogP contribution is 2.21. The Hall–Kier alpha value is -1.40. The van der Waals surface area contributed by atoms with Crippen LogP contribution in [0.25, 0.3) is 0 Å². The predicted molar refractivity (Wildman–Crippen MR) is 96.0 cm³/mol. The van der Waals surface area contributed by atoms with Gasteiger partial charge in [0, 0.05) is 31.7 Å². The van der Waals surface area contributed by atoms with Gasteiger partial charge >= 0.3 is 0 Å². The van der Waals surface area contributed by atoms with Crippen molar-refractivity contribution in [1.82, 2.24) is 9.80 Å². The van der Waals surface area contributed by atoms with E-state index >= 15 is 0 Å². The Morgan fingerprint density at radius 1 is 1.09 bits per heavy atom. The summed E-state index contributed by atoms with van der Waals surface area (Å²) in [6.07, 6.45) is 0. The lowest BCUT2D eigenvalue weighted by Crippen LogP contribution is -2.31. The molecule has 126 valence electrons. The van der Waals surface area contributed by atoms with E-state index in [1.165, 1.54) is 5.56 Å². The highest BCUT2D eigenvalue weighted by Gasteiger charge is 2.11. The van der Waals surface area contributed by atoms with Crippen molar-refractivity contribution in [2.24, 2.45) is 0 Å². The molecule has 0 saturated carbocycles. The van der Waals surface area contributed by atoms with Crippen molar-refractivity contribution >= 4 is 11.3 Å². The van der Waals surface area contributed by atoms with Crippen LogP contribution in [0, 0.1) is 0 Å². The van der Waals surface area contributed by atoms with E-state index < -0.39 is 0 Å². The van der Waals surface area contributed by atoms with Crippen LogP contribution in [0.3, 0.4) is 0 Å². The van der Waals surface area contributed by atoms with Gasteiger partial charge in [0.25, 0.3) is 0 Å². The van der Waals surface area contributed by atoms with Crippen molar-refractivity contribution < 1.29 is 9.84 Å². The first-order valence-corrected chi connectivity index (χ1v) is 8.83. The summed E-state index contributed by atoms with van der Waals surface area (Å²) in [6.45, 7) is 4.16. The average Bonchev–Trinajstić information content (AvgIpc) is 3.04. The first-order valence-electron chi connectivity index (χ1n) is 7.88. The van der Waals surface area contributed by atoms with Gasteiger partial charge in [-0.15, -0.1) is 0 Å². The van der Waals surface area contributed by atoms with Crippen molar-refractivity contribution in [3.8, 4) is 5.75 Å². The number of nitrogens with zero attached hydrogens (tertiary/aromatic N) is 2. The molecule has 0 bridgehead atoms. The minimum Gasteiger partial charge on any atom is -0.491 e. The molecule has 2 rings (SSSR count). The van der Waals surface area contributed by atoms with E-state index in [0.717, 1.165) is 37.5 Å². The fraction of sp³-hybridized carbons (Fsp3) is 0.444. The summed E-state index contributed by atoms with van der Waals surface area (Å²) in [6, 6.07) is 10.3. The smallest absolute Gasteiger partial charge is 0.123 e. The number of ether oxygens (including phenoxy) is 1. The van der Waals surface area contributed by atoms with Crippen LogP contribution in [0.1, 0.15) is 11.1 Å². The van der Waals surface area contributed by atoms with E-state index in [0.29, 0.717) is 6.61 Å². The average molecular weight is 334 g/mol. The Kier molecular flexibility index (Phi) is 7.55. The molecular weight excluding hydrogens is 308 g/mol. The maximum absolute atomic E-state index is 8.98. The molecule has 0 radical (unpaired) electrons. The fourth-order valence-corrected chi connectivity index (χ4v) is 3.03. The molecule has 0 atom stereocenters. The van der Waals surface area contributed by atoms with Crippen LogP contribution >= 0.6 is 11.3 Å². The fourth-order valence-electron chi connectivity index (χ4n) is 2.37. The topological polar surface area (TPSA) is 35.9 Å². The Morgan fingerprint density at radius 2 is 1.91 bits per heavy atom. The van der Waals surface area contributed by atoms with Gasteiger partial charge in [-0.1, -0.05) is 18.2 Å². The molecule has 1 aromatic carbocycles. The van der Waals surface area contributed by atoms with Gasteiger partial charge < -0.3 is 14.7 Å². The molecule has 1 heterocycles. The van der Waals surface area contributed by atoms with Gasteiger partial charge in [0.15, 0.2) is 0 Å². The summed E-state index contributed by atoms with van der Waals surface area (Å²) in [5.41, 5.74) is 2.51. The minimum atomic E-state index is 0.0353. The Labute approximate surface area is 142 Å². The highest BCUT2D eigenvalue weighted by molar-refractivity contribution is 7.07. The van der Waals surface area contributed by atoms with Crippen molar-refractivity contribution in [1.29, 1.82) is 0 Å². The molecule has 0 aliphatic rings. The number of para-hydroxylation sites is 1. The van der Waals surface area contributed by atoms with Crippen LogP contribution in [0.2, 0.25) is 0 Å². The molecule has 0 spiro atoms. The predicted octanol–water partition coefficient (Wildman–Crippen LogP) is 2.68. The van der Waals surface area contributed by atoms with Crippen molar-refractivity contribution in [2.45, 2.75) is 13.1 Å². The van der Waals surface area contributed by atoms with Gasteiger partial charge in [0.1, 0.15) is 12.4 Å². The van der Waals surface area contributed by atoms with Crippen LogP contribution in [-0.2, 0) is 13.1 Å². The van der Waals surface area contributed by atoms with Gasteiger partial charge in [-0.3, -0.25) is 4.90 Å². The lowest BCUT2D eigenvalue weighted by molar-refractivity contribution is 0.193. The van der Waals surface area contributed by atoms with Crippen LogP contribution in [0.15, 0.2) is 41.1 Å². The van der Waals surface area contributed by atoms with E-state index in [-0.39, 0.29) is 6.61 Å². The van der Waals surface area contributed by atoms with E-state index in [4.69, 9.17) is 9.84 Å². The molecule has 2 aromatic rings. The molecule has 5 heteroatoms. The van der Waals surface area contributed by atoms with Crippen molar-refractivity contribution in [3.63, 3.8) is 0 Å². The van der Waals surface area contributed by atoms with Crippen LogP contribution in [0.4, 0.5) is 0 Å². The Balaban J connectivity index is 2.06. The monoisotopic (exact) mass is 334 g/mol. The number of rotatable bonds is 10. The van der Waals surface area contributed by atoms with Gasteiger partial charge in [-0.25, -0.2) is 0 Å². The summed E-state index contributed by atoms with van der Waals surface area (Å²) in [5.74, 6) is 0.863. The third-order valence-corrected chi connectivity index (χ3v) is 4.30. The van der Waals surface area contributed by atoms with Gasteiger partial charge in [0.05, 0.1) is 6.61 Å². The highest BCUT2D eigenvalue weighted by atomic mass is 32.1. The molecule has 0 fully saturated rings. The number of aliphatic hydroxyl groups excluding tert-OH is 1. The van der Waals surface area contributed by atoms with Gasteiger partial charge in [-0.05, 0) is 42.6 Å². The number of likely N-dealkylation sites (N-methyl/N-ethyl adjacent to an activating group) is 1. The van der Waals surface area contributed by atoms with Crippen LogP contribution in [-0.4, -0.2) is 55.3 Å². The van der Waals surface area contributed by atoms with Crippen LogP contribution in [0.5, 0.6) is 5.75 Å². The molecule has 1 aromatic heterocycles. The molecule has 0 aliphatic carbocycles. The molecular formula is C18H26N2O2S. The first kappa shape index (κ1) is 17.9. The number of thiophene rings is 1. The maximum Gasteiger partial charge on any atom is 0.123 e. The lowest BCUT2D eigenvalue weighted by Gasteiger charge is -2.25. The standard InChI is InChI=1S/C18H26N2O2S/c1-19(2)8-9-20(13-16-7-12-23-15-16)14-17-5-3-4-6-18(17)22-11-10-21/h3-7,12,15,21H,8-11,13-14H2,1-2H3. The maximum atomic E-state index is 8.98. The van der Waals surface area contributed by atoms with Crippen LogP contribution < -0.4 is 4.74 Å². The SMILES string of the molecule is CN(C)CCN(Cc1ccsc1)Cc1ccccc1OCCO. The van der Waals surface area contributed by atoms with E-state index in [1.807, 2.05) is 18.2 Å². The molecule has 4 nitrogen and oxygen atoms in total. The zero-order chi connectivity index (χ0) is 16.5. The lowest BCUT2D eigenvalue weighted by atomic mass is 10.1. The van der Waals surface area contributed by atoms with Crippen molar-refractivity contribution in [3.05, 3.63) is 52.2 Å². The zero-order valence-corrected chi connectivity index (χ0v) is 14.8. The molecule has 1 N–H and O–H groups in total. The summed E-state index contributed by atoms with van der Waals surface area (Å²) < 4.78 is 5.66. The first-order chi connectivity index (χ1) is 11.2. The number of hydrogen-bond donors (Lipinski definition) is 1. The second-order valence-corrected chi connectivity index (χ2v) is 6.61. The molecule has 23 heavy (non-hydrogen) atoms. The number of hydrogen-bond acceptors (Lipinski definition) is 5. The summed E-state index contributed by atoms with van der Waals surface area (Å²) in [7, 11) is 4.20. The summed E-state index contributed by atoms with van der Waals surface area (Å²) in [5, 5.41) is 13.3. The molecule has 0 saturated heterocycles. The number of benzene rings is 1. The van der Waals surface area contributed by atoms with Gasteiger partial charge in [0.2, 0.25) is 0 Å². The largest absolute Gasteiger partial charge is 0.491 e. The number of aliphatic hydroxyl groups is 1. The third kappa shape index (κ3) is 6.31. The molecule has 0 amide bonds. The van der Waals surface area contributed by atoms with E-state index in [1.54, 1.807) is 11.3 Å². The summed E-state index contributed by atoms with van der Waals surface area (Å²) in [4.78, 5) is 4.64. The second kappa shape index (κ2) is 9.67. The minimum absolute atomic E-state index is 0.0353.